The van der Waals surface area contributed by atoms with Gasteiger partial charge in [-0.2, -0.15) is 14.6 Å². The number of rotatable bonds is 11. The van der Waals surface area contributed by atoms with Gasteiger partial charge in [0.05, 0.1) is 24.0 Å². The van der Waals surface area contributed by atoms with E-state index in [0.29, 0.717) is 23.6 Å². The first kappa shape index (κ1) is 33.0. The highest BCUT2D eigenvalue weighted by Crippen LogP contribution is 2.34. The minimum Gasteiger partial charge on any atom is -0.379 e. The van der Waals surface area contributed by atoms with Crippen LogP contribution in [0.25, 0.3) is 22.0 Å². The summed E-state index contributed by atoms with van der Waals surface area (Å²) in [5, 5.41) is 16.1. The van der Waals surface area contributed by atoms with Crippen LogP contribution in [0.15, 0.2) is 36.1 Å². The molecule has 12 nitrogen and oxygen atoms in total. The Labute approximate surface area is 268 Å². The summed E-state index contributed by atoms with van der Waals surface area (Å²) in [4.78, 5) is 46.3. The molecule has 4 heterocycles. The average Bonchev–Trinajstić information content (AvgIpc) is 3.78. The smallest absolute Gasteiger partial charge is 0.275 e. The fraction of sp³-hybridized carbons (Fsp3) is 0.452. The molecule has 1 saturated carbocycles. The van der Waals surface area contributed by atoms with Gasteiger partial charge in [-0.25, -0.2) is 19.0 Å². The van der Waals surface area contributed by atoms with Gasteiger partial charge in [-0.3, -0.25) is 19.1 Å². The Hall–Kier alpha value is -4.37. The molecule has 15 heteroatoms. The quantitative estimate of drug-likeness (QED) is 0.202. The summed E-state index contributed by atoms with van der Waals surface area (Å²) in [5.74, 6) is -2.80. The van der Waals surface area contributed by atoms with Gasteiger partial charge in [0.1, 0.15) is 28.1 Å². The van der Waals surface area contributed by atoms with Crippen molar-refractivity contribution in [3.8, 4) is 22.0 Å². The molecule has 46 heavy (non-hydrogen) atoms. The van der Waals surface area contributed by atoms with Crippen molar-refractivity contribution in [2.45, 2.75) is 78.0 Å². The molecule has 1 fully saturated rings. The van der Waals surface area contributed by atoms with Crippen molar-refractivity contribution < 1.29 is 27.9 Å². The third-order valence-corrected chi connectivity index (χ3v) is 8.50. The van der Waals surface area contributed by atoms with Crippen LogP contribution in [-0.2, 0) is 9.53 Å². The fourth-order valence-corrected chi connectivity index (χ4v) is 6.27. The Balaban J connectivity index is 1.36. The molecule has 4 aromatic heterocycles. The van der Waals surface area contributed by atoms with Crippen molar-refractivity contribution >= 4 is 34.7 Å². The molecule has 2 amide bonds. The SMILES string of the molecule is CCOC1CCC(n2cc(NC(=O)c3csc(-c4cnn(C(=O)C(CC(C)C)NC(C)=O)c4)n3)c(-c3nc(F)ccc3F)n2)CC1. The Bertz CT molecular complexity index is 1710. The third kappa shape index (κ3) is 7.70. The lowest BCUT2D eigenvalue weighted by atomic mass is 9.93. The van der Waals surface area contributed by atoms with Crippen LogP contribution in [0.2, 0.25) is 0 Å². The lowest BCUT2D eigenvalue weighted by Crippen LogP contribution is -2.43. The highest BCUT2D eigenvalue weighted by Gasteiger charge is 2.28. The van der Waals surface area contributed by atoms with Gasteiger partial charge in [-0.15, -0.1) is 11.3 Å². The third-order valence-electron chi connectivity index (χ3n) is 7.61. The lowest BCUT2D eigenvalue weighted by molar-refractivity contribution is -0.119. The van der Waals surface area contributed by atoms with Crippen LogP contribution in [0, 0.1) is 17.7 Å². The number of amides is 2. The molecule has 0 bridgehead atoms. The molecule has 0 aromatic carbocycles. The molecule has 1 atom stereocenters. The standard InChI is InChI=1S/C31H36F2N8O4S/c1-5-45-21-8-6-20(7-9-21)40-15-24(28(39-40)27-22(32)10-11-26(33)38-27)36-29(43)25-16-46-30(37-25)19-13-34-41(14-19)31(44)23(12-17(2)3)35-18(4)42/h10-11,13-17,20-21,23H,5-9,12H2,1-4H3,(H,35,42)(H,36,43). The topological polar surface area (TPSA) is 146 Å². The van der Waals surface area contributed by atoms with E-state index in [0.717, 1.165) is 42.5 Å². The number of anilines is 1. The minimum atomic E-state index is -0.878. The van der Waals surface area contributed by atoms with E-state index in [-0.39, 0.29) is 46.7 Å². The Kier molecular flexibility index (Phi) is 10.3. The van der Waals surface area contributed by atoms with Gasteiger partial charge < -0.3 is 15.4 Å². The number of hydrogen-bond donors (Lipinski definition) is 2. The van der Waals surface area contributed by atoms with E-state index in [1.807, 2.05) is 20.8 Å². The molecule has 5 rings (SSSR count). The zero-order valence-electron chi connectivity index (χ0n) is 26.0. The predicted molar refractivity (Wildman–Crippen MR) is 167 cm³/mol. The van der Waals surface area contributed by atoms with E-state index >= 15 is 0 Å². The van der Waals surface area contributed by atoms with Crippen LogP contribution in [0.3, 0.4) is 0 Å². The summed E-state index contributed by atoms with van der Waals surface area (Å²) < 4.78 is 37.5. The Morgan fingerprint density at radius 3 is 2.54 bits per heavy atom. The average molecular weight is 655 g/mol. The Morgan fingerprint density at radius 2 is 1.85 bits per heavy atom. The molecule has 4 aromatic rings. The van der Waals surface area contributed by atoms with E-state index in [1.54, 1.807) is 16.3 Å². The molecule has 1 aliphatic rings. The molecule has 0 spiro atoms. The molecule has 1 aliphatic carbocycles. The number of carbonyl (C=O) groups excluding carboxylic acids is 3. The maximum Gasteiger partial charge on any atom is 0.275 e. The number of nitrogens with one attached hydrogen (secondary N) is 2. The van der Waals surface area contributed by atoms with Gasteiger partial charge in [0.25, 0.3) is 11.8 Å². The van der Waals surface area contributed by atoms with E-state index in [1.165, 1.54) is 30.7 Å². The van der Waals surface area contributed by atoms with Crippen LogP contribution >= 0.6 is 11.3 Å². The van der Waals surface area contributed by atoms with Gasteiger partial charge in [-0.1, -0.05) is 13.8 Å². The number of hydrogen-bond acceptors (Lipinski definition) is 9. The highest BCUT2D eigenvalue weighted by atomic mass is 32.1. The molecule has 244 valence electrons. The van der Waals surface area contributed by atoms with Crippen molar-refractivity contribution in [2.75, 3.05) is 11.9 Å². The van der Waals surface area contributed by atoms with Crippen LogP contribution in [0.4, 0.5) is 14.5 Å². The first-order valence-corrected chi connectivity index (χ1v) is 16.1. The molecule has 0 radical (unpaired) electrons. The summed E-state index contributed by atoms with van der Waals surface area (Å²) in [5.41, 5.74) is 0.422. The maximum absolute atomic E-state index is 14.8. The van der Waals surface area contributed by atoms with Gasteiger partial charge in [0.15, 0.2) is 5.82 Å². The van der Waals surface area contributed by atoms with Crippen molar-refractivity contribution in [2.24, 2.45) is 5.92 Å². The number of nitrogens with zero attached hydrogens (tertiary/aromatic N) is 6. The maximum atomic E-state index is 14.8. The van der Waals surface area contributed by atoms with Crippen LogP contribution in [0.1, 0.15) is 81.1 Å². The summed E-state index contributed by atoms with van der Waals surface area (Å²) >= 11 is 1.17. The normalized spacial score (nSPS) is 17.2. The second kappa shape index (κ2) is 14.4. The zero-order chi connectivity index (χ0) is 33.0. The first-order valence-electron chi connectivity index (χ1n) is 15.2. The molecular formula is C31H36F2N8O4S. The van der Waals surface area contributed by atoms with Gasteiger partial charge in [0, 0.05) is 36.9 Å². The summed E-state index contributed by atoms with van der Waals surface area (Å²) in [6.45, 7) is 7.85. The Morgan fingerprint density at radius 1 is 1.09 bits per heavy atom. The van der Waals surface area contributed by atoms with Crippen molar-refractivity contribution in [1.82, 2.24) is 34.8 Å². The largest absolute Gasteiger partial charge is 0.379 e. The second-order valence-corrected chi connectivity index (χ2v) is 12.5. The van der Waals surface area contributed by atoms with Crippen molar-refractivity contribution in [1.29, 1.82) is 0 Å². The van der Waals surface area contributed by atoms with Crippen LogP contribution in [0.5, 0.6) is 0 Å². The number of aromatic nitrogens is 6. The van der Waals surface area contributed by atoms with Gasteiger partial charge in [-0.05, 0) is 57.1 Å². The minimum absolute atomic E-state index is 0.00245. The van der Waals surface area contributed by atoms with Crippen molar-refractivity contribution in [3.05, 3.63) is 53.6 Å². The fourth-order valence-electron chi connectivity index (χ4n) is 5.49. The molecular weight excluding hydrogens is 618 g/mol. The second-order valence-electron chi connectivity index (χ2n) is 11.6. The van der Waals surface area contributed by atoms with Crippen LogP contribution in [-0.4, -0.2) is 66.0 Å². The van der Waals surface area contributed by atoms with Crippen LogP contribution < -0.4 is 10.6 Å². The first-order chi connectivity index (χ1) is 22.0. The zero-order valence-corrected chi connectivity index (χ0v) is 26.8. The lowest BCUT2D eigenvalue weighted by Gasteiger charge is -2.28. The molecule has 2 N–H and O–H groups in total. The van der Waals surface area contributed by atoms with Gasteiger partial charge >= 0.3 is 0 Å². The van der Waals surface area contributed by atoms with E-state index in [9.17, 15) is 23.2 Å². The number of ether oxygens (including phenoxy) is 1. The number of thiazole rings is 1. The monoisotopic (exact) mass is 654 g/mol. The van der Waals surface area contributed by atoms with E-state index in [4.69, 9.17) is 4.74 Å². The molecule has 0 aliphatic heterocycles. The molecule has 0 saturated heterocycles. The predicted octanol–water partition coefficient (Wildman–Crippen LogP) is 5.51. The van der Waals surface area contributed by atoms with Gasteiger partial charge in [0.2, 0.25) is 11.9 Å². The number of pyridine rings is 1. The summed E-state index contributed by atoms with van der Waals surface area (Å²) in [7, 11) is 0. The van der Waals surface area contributed by atoms with E-state index < -0.39 is 29.6 Å². The van der Waals surface area contributed by atoms with E-state index in [2.05, 4.69) is 30.8 Å². The number of carbonyl (C=O) groups is 3. The summed E-state index contributed by atoms with van der Waals surface area (Å²) in [6, 6.07) is 1.12. The number of halogens is 2. The summed E-state index contributed by atoms with van der Waals surface area (Å²) in [6.07, 6.45) is 8.38. The molecule has 1 unspecified atom stereocenters. The highest BCUT2D eigenvalue weighted by molar-refractivity contribution is 7.13. The van der Waals surface area contributed by atoms with Crippen molar-refractivity contribution in [3.63, 3.8) is 0 Å².